The molecule has 2 aromatic carbocycles. The van der Waals surface area contributed by atoms with Crippen molar-refractivity contribution in [2.45, 2.75) is 24.4 Å². The van der Waals surface area contributed by atoms with Crippen LogP contribution in [0.1, 0.15) is 0 Å². The molecule has 5 rings (SSSR count). The fourth-order valence-corrected chi connectivity index (χ4v) is 4.95. The van der Waals surface area contributed by atoms with Gasteiger partial charge >= 0.3 is 0 Å². The summed E-state index contributed by atoms with van der Waals surface area (Å²) >= 11 is 6.13. The van der Waals surface area contributed by atoms with Gasteiger partial charge in [-0.2, -0.15) is 8.42 Å². The third kappa shape index (κ3) is 5.02. The van der Waals surface area contributed by atoms with Gasteiger partial charge < -0.3 is 24.3 Å². The van der Waals surface area contributed by atoms with Gasteiger partial charge in [-0.15, -0.1) is 0 Å². The van der Waals surface area contributed by atoms with Gasteiger partial charge in [0.05, 0.1) is 32.1 Å². The molecule has 13 heteroatoms. The van der Waals surface area contributed by atoms with Gasteiger partial charge in [-0.05, 0) is 18.2 Å². The van der Waals surface area contributed by atoms with Crippen molar-refractivity contribution in [2.24, 2.45) is 0 Å². The molecule has 3 aromatic rings. The monoisotopic (exact) mass is 517 g/mol. The van der Waals surface area contributed by atoms with Crippen molar-refractivity contribution in [1.29, 1.82) is 0 Å². The van der Waals surface area contributed by atoms with E-state index in [4.69, 9.17) is 42.6 Å². The lowest BCUT2D eigenvalue weighted by molar-refractivity contribution is 0.0194. The van der Waals surface area contributed by atoms with Gasteiger partial charge in [0.1, 0.15) is 38.3 Å². The van der Waals surface area contributed by atoms with E-state index in [-0.39, 0.29) is 13.2 Å². The van der Waals surface area contributed by atoms with Crippen molar-refractivity contribution in [3.05, 3.63) is 41.7 Å². The Labute approximate surface area is 208 Å². The summed E-state index contributed by atoms with van der Waals surface area (Å²) in [4.78, 5) is 8.71. The first-order chi connectivity index (χ1) is 16.7. The highest BCUT2D eigenvalue weighted by Gasteiger charge is 2.50. The Morgan fingerprint density at radius 1 is 1.09 bits per heavy atom. The molecule has 0 spiro atoms. The summed E-state index contributed by atoms with van der Waals surface area (Å²) in [6, 6.07) is 8.71. The van der Waals surface area contributed by atoms with Crippen LogP contribution in [-0.2, 0) is 23.8 Å². The highest BCUT2D eigenvalue weighted by Crippen LogP contribution is 2.38. The van der Waals surface area contributed by atoms with Gasteiger partial charge in [-0.3, -0.25) is 4.18 Å². The molecule has 2 saturated heterocycles. The van der Waals surface area contributed by atoms with Crippen molar-refractivity contribution < 1.29 is 31.5 Å². The zero-order chi connectivity index (χ0) is 24.7. The topological polar surface area (TPSA) is 118 Å². The van der Waals surface area contributed by atoms with Crippen molar-refractivity contribution in [3.8, 4) is 11.5 Å². The number of aromatic nitrogens is 2. The molecule has 2 aliphatic rings. The molecule has 182 valence electrons. The number of halogens is 1. The largest absolute Gasteiger partial charge is 0.493 e. The van der Waals surface area contributed by atoms with Crippen molar-refractivity contribution in [2.75, 3.05) is 31.9 Å². The zero-order valence-electron chi connectivity index (χ0n) is 18.8. The van der Waals surface area contributed by atoms with E-state index in [1.54, 1.807) is 30.3 Å². The smallest absolute Gasteiger partial charge is 0.264 e. The molecule has 2 unspecified atom stereocenters. The van der Waals surface area contributed by atoms with Crippen LogP contribution in [0.4, 0.5) is 11.5 Å². The first-order valence-corrected chi connectivity index (χ1v) is 12.8. The third-order valence-corrected chi connectivity index (χ3v) is 6.65. The first kappa shape index (κ1) is 24.1. The summed E-state index contributed by atoms with van der Waals surface area (Å²) < 4.78 is 51.4. The second kappa shape index (κ2) is 9.43. The molecule has 10 nitrogen and oxygen atoms in total. The Kier molecular flexibility index (Phi) is 6.49. The predicted molar refractivity (Wildman–Crippen MR) is 130 cm³/mol. The lowest BCUT2D eigenvalue weighted by Crippen LogP contribution is -2.36. The maximum absolute atomic E-state index is 11.5. The van der Waals surface area contributed by atoms with E-state index in [1.807, 2.05) is 0 Å². The van der Waals surface area contributed by atoms with E-state index in [2.05, 4.69) is 15.3 Å². The molecule has 1 aromatic heterocycles. The number of fused-ring (bicyclic) bond motifs is 2. The molecule has 0 saturated carbocycles. The molecule has 2 fully saturated rings. The molecule has 0 bridgehead atoms. The predicted octanol–water partition coefficient (Wildman–Crippen LogP) is 1.72. The van der Waals surface area contributed by atoms with Gasteiger partial charge in [0.25, 0.3) is 10.1 Å². The number of ether oxygens (including phenoxy) is 4. The number of anilines is 2. The Morgan fingerprint density at radius 2 is 1.83 bits per heavy atom. The van der Waals surface area contributed by atoms with Crippen molar-refractivity contribution in [3.63, 3.8) is 0 Å². The Bertz CT molecular complexity index is 1380. The SMILES string of the molecule is [B]c1ccc(Nc2ncnc3cc(O[C@@H]4COC5C4OC[C@@H]5OS(C)(=O)=O)c(OC)cc23)cc1Cl. The number of benzene rings is 2. The minimum Gasteiger partial charge on any atom is -0.493 e. The van der Waals surface area contributed by atoms with E-state index in [0.29, 0.717) is 44.4 Å². The Hall–Kier alpha value is -2.64. The number of hydrogen-bond acceptors (Lipinski definition) is 10. The van der Waals surface area contributed by atoms with Crippen LogP contribution in [0.2, 0.25) is 5.02 Å². The molecular formula is C22H21BClN3O7S. The maximum Gasteiger partial charge on any atom is 0.264 e. The molecule has 0 aliphatic carbocycles. The third-order valence-electron chi connectivity index (χ3n) is 5.72. The van der Waals surface area contributed by atoms with Crippen LogP contribution in [0.5, 0.6) is 11.5 Å². The fourth-order valence-electron chi connectivity index (χ4n) is 4.16. The second-order valence-corrected chi connectivity index (χ2v) is 10.2. The molecule has 2 radical (unpaired) electrons. The molecule has 35 heavy (non-hydrogen) atoms. The average molecular weight is 518 g/mol. The van der Waals surface area contributed by atoms with Gasteiger partial charge in [-0.1, -0.05) is 23.1 Å². The van der Waals surface area contributed by atoms with Gasteiger partial charge in [-0.25, -0.2) is 9.97 Å². The van der Waals surface area contributed by atoms with E-state index in [0.717, 1.165) is 6.26 Å². The average Bonchev–Trinajstić information content (AvgIpc) is 3.38. The van der Waals surface area contributed by atoms with E-state index < -0.39 is 34.5 Å². The molecule has 4 atom stereocenters. The van der Waals surface area contributed by atoms with Crippen LogP contribution in [-0.4, -0.2) is 77.2 Å². The number of nitrogens with one attached hydrogen (secondary N) is 1. The standard InChI is InChI=1S/C22H21BClN3O7S/c1-30-16-6-12-15(25-10-26-22(12)27-11-3-4-13(23)14(24)5-11)7-17(16)33-18-8-31-21-19(9-32-20(18)21)34-35(2,28)29/h3-7,10,18-21H,8-9H2,1-2H3,(H,25,26,27)/t18-,19+,20?,21?/m1/s1. The van der Waals surface area contributed by atoms with E-state index in [9.17, 15) is 8.42 Å². The maximum atomic E-state index is 11.5. The second-order valence-electron chi connectivity index (χ2n) is 8.19. The van der Waals surface area contributed by atoms with Crippen molar-refractivity contribution >= 4 is 57.4 Å². The minimum atomic E-state index is -3.64. The van der Waals surface area contributed by atoms with Gasteiger partial charge in [0, 0.05) is 22.2 Å². The quantitative estimate of drug-likeness (QED) is 0.366. The molecule has 1 N–H and O–H groups in total. The fraction of sp³-hybridized carbons (Fsp3) is 0.364. The van der Waals surface area contributed by atoms with E-state index in [1.165, 1.54) is 13.4 Å². The molecule has 0 amide bonds. The molecular weight excluding hydrogens is 497 g/mol. The molecule has 3 heterocycles. The van der Waals surface area contributed by atoms with Crippen LogP contribution in [0.15, 0.2) is 36.7 Å². The first-order valence-electron chi connectivity index (χ1n) is 10.6. The lowest BCUT2D eigenvalue weighted by Gasteiger charge is -2.20. The number of rotatable bonds is 7. The van der Waals surface area contributed by atoms with Gasteiger partial charge in [0.2, 0.25) is 0 Å². The minimum absolute atomic E-state index is 0.0918. The summed E-state index contributed by atoms with van der Waals surface area (Å²) in [5, 5.41) is 4.35. The highest BCUT2D eigenvalue weighted by molar-refractivity contribution is 7.86. The van der Waals surface area contributed by atoms with Crippen LogP contribution < -0.4 is 20.3 Å². The Morgan fingerprint density at radius 3 is 2.54 bits per heavy atom. The summed E-state index contributed by atoms with van der Waals surface area (Å²) in [7, 11) is 3.68. The zero-order valence-corrected chi connectivity index (χ0v) is 20.4. The van der Waals surface area contributed by atoms with Gasteiger partial charge in [0.15, 0.2) is 17.6 Å². The van der Waals surface area contributed by atoms with Crippen LogP contribution >= 0.6 is 11.6 Å². The molecule has 2 aliphatic heterocycles. The summed E-state index contributed by atoms with van der Waals surface area (Å²) in [5.74, 6) is 1.44. The highest BCUT2D eigenvalue weighted by atomic mass is 35.5. The summed E-state index contributed by atoms with van der Waals surface area (Å²) in [5.41, 5.74) is 1.80. The van der Waals surface area contributed by atoms with E-state index >= 15 is 0 Å². The lowest BCUT2D eigenvalue weighted by atomic mass is 9.96. The number of nitrogens with zero attached hydrogens (tertiary/aromatic N) is 2. The summed E-state index contributed by atoms with van der Waals surface area (Å²) in [6.07, 6.45) is 0.185. The van der Waals surface area contributed by atoms with Crippen LogP contribution in [0.25, 0.3) is 10.9 Å². The number of hydrogen-bond donors (Lipinski definition) is 1. The summed E-state index contributed by atoms with van der Waals surface area (Å²) in [6.45, 7) is 0.295. The van der Waals surface area contributed by atoms with Crippen LogP contribution in [0.3, 0.4) is 0 Å². The van der Waals surface area contributed by atoms with Crippen molar-refractivity contribution in [1.82, 2.24) is 9.97 Å². The van der Waals surface area contributed by atoms with Crippen LogP contribution in [0, 0.1) is 0 Å². The normalized spacial score (nSPS) is 23.9. The Balaban J connectivity index is 1.39. The number of methoxy groups -OCH3 is 1.